The highest BCUT2D eigenvalue weighted by atomic mass is 32.2. The molecule has 3 aromatic rings. The normalized spacial score (nSPS) is 10.1. The van der Waals surface area contributed by atoms with Crippen molar-refractivity contribution in [2.24, 2.45) is 0 Å². The molecule has 0 unspecified atom stereocenters. The molecule has 0 heterocycles. The fourth-order valence-electron chi connectivity index (χ4n) is 2.48. The molecule has 0 bridgehead atoms. The van der Waals surface area contributed by atoms with E-state index in [0.717, 1.165) is 22.7 Å². The average Bonchev–Trinajstić information content (AvgIpc) is 2.71. The first-order chi connectivity index (χ1) is 13.7. The lowest BCUT2D eigenvalue weighted by Gasteiger charge is -2.09. The minimum absolute atomic E-state index is 0.125. The van der Waals surface area contributed by atoms with Crippen molar-refractivity contribution in [1.82, 2.24) is 0 Å². The second kappa shape index (κ2) is 10.2. The number of para-hydroxylation sites is 2. The number of carbonyl (C=O) groups is 2. The molecule has 6 heteroatoms. The van der Waals surface area contributed by atoms with Gasteiger partial charge in [-0.15, -0.1) is 11.8 Å². The van der Waals surface area contributed by atoms with Crippen molar-refractivity contribution in [3.8, 4) is 0 Å². The van der Waals surface area contributed by atoms with Gasteiger partial charge in [0.25, 0.3) is 0 Å². The average molecular weight is 391 g/mol. The van der Waals surface area contributed by atoms with Gasteiger partial charge in [0.1, 0.15) is 0 Å². The van der Waals surface area contributed by atoms with Crippen molar-refractivity contribution in [3.63, 3.8) is 0 Å². The number of rotatable bonds is 8. The summed E-state index contributed by atoms with van der Waals surface area (Å²) in [6.07, 6.45) is 0. The summed E-state index contributed by atoms with van der Waals surface area (Å²) >= 11 is 1.28. The van der Waals surface area contributed by atoms with E-state index in [-0.39, 0.29) is 23.3 Å². The van der Waals surface area contributed by atoms with Gasteiger partial charge in [-0.05, 0) is 48.5 Å². The van der Waals surface area contributed by atoms with Crippen LogP contribution in [0, 0.1) is 0 Å². The predicted molar refractivity (Wildman–Crippen MR) is 117 cm³/mol. The molecule has 0 radical (unpaired) electrons. The minimum Gasteiger partial charge on any atom is -0.356 e. The summed E-state index contributed by atoms with van der Waals surface area (Å²) < 4.78 is 0. The summed E-state index contributed by atoms with van der Waals surface area (Å²) in [5.41, 5.74) is 3.42. The van der Waals surface area contributed by atoms with Crippen molar-refractivity contribution >= 4 is 46.3 Å². The number of thioether (sulfide) groups is 1. The molecule has 0 aliphatic carbocycles. The number of amides is 2. The molecular formula is C22H21N3O2S. The zero-order chi connectivity index (χ0) is 19.6. The Morgan fingerprint density at radius 1 is 0.571 bits per heavy atom. The maximum Gasteiger partial charge on any atom is 0.234 e. The molecule has 0 aliphatic heterocycles. The van der Waals surface area contributed by atoms with Gasteiger partial charge in [0.15, 0.2) is 0 Å². The second-order valence-corrected chi connectivity index (χ2v) is 7.01. The van der Waals surface area contributed by atoms with E-state index in [0.29, 0.717) is 0 Å². The van der Waals surface area contributed by atoms with Crippen LogP contribution in [0.15, 0.2) is 84.9 Å². The van der Waals surface area contributed by atoms with Crippen molar-refractivity contribution in [2.45, 2.75) is 0 Å². The molecule has 0 saturated heterocycles. The molecule has 0 fully saturated rings. The van der Waals surface area contributed by atoms with Gasteiger partial charge >= 0.3 is 0 Å². The van der Waals surface area contributed by atoms with Gasteiger partial charge in [0.2, 0.25) is 11.8 Å². The van der Waals surface area contributed by atoms with Gasteiger partial charge in [-0.25, -0.2) is 0 Å². The van der Waals surface area contributed by atoms with Crippen LogP contribution < -0.4 is 16.0 Å². The Kier molecular flexibility index (Phi) is 7.09. The first-order valence-corrected chi connectivity index (χ1v) is 9.99. The standard InChI is InChI=1S/C22H21N3O2S/c26-21(24-18-9-5-2-6-10-18)15-28-16-22(27)25-20-13-11-19(12-14-20)23-17-7-3-1-4-8-17/h1-14,23H,15-16H2,(H,24,26)(H,25,27). The van der Waals surface area contributed by atoms with Crippen LogP contribution >= 0.6 is 11.8 Å². The van der Waals surface area contributed by atoms with Gasteiger partial charge in [0.05, 0.1) is 11.5 Å². The van der Waals surface area contributed by atoms with Crippen LogP contribution in [0.3, 0.4) is 0 Å². The molecule has 28 heavy (non-hydrogen) atoms. The van der Waals surface area contributed by atoms with E-state index in [9.17, 15) is 9.59 Å². The molecule has 5 nitrogen and oxygen atoms in total. The fourth-order valence-corrected chi connectivity index (χ4v) is 3.09. The number of hydrogen-bond acceptors (Lipinski definition) is 4. The molecule has 0 aliphatic rings. The monoisotopic (exact) mass is 391 g/mol. The van der Waals surface area contributed by atoms with Gasteiger partial charge < -0.3 is 16.0 Å². The van der Waals surface area contributed by atoms with E-state index in [1.54, 1.807) is 0 Å². The minimum atomic E-state index is -0.138. The molecule has 0 atom stereocenters. The maximum atomic E-state index is 12.0. The topological polar surface area (TPSA) is 70.2 Å². The summed E-state index contributed by atoms with van der Waals surface area (Å²) in [6.45, 7) is 0. The third-order valence-electron chi connectivity index (χ3n) is 3.75. The van der Waals surface area contributed by atoms with E-state index >= 15 is 0 Å². The Hall–Kier alpha value is -3.25. The molecule has 0 aromatic heterocycles. The molecular weight excluding hydrogens is 370 g/mol. The van der Waals surface area contributed by atoms with E-state index in [1.807, 2.05) is 84.9 Å². The second-order valence-electron chi connectivity index (χ2n) is 6.02. The summed E-state index contributed by atoms with van der Waals surface area (Å²) in [5, 5.41) is 8.92. The zero-order valence-corrected chi connectivity index (χ0v) is 16.0. The van der Waals surface area contributed by atoms with Crippen molar-refractivity contribution in [3.05, 3.63) is 84.9 Å². The molecule has 3 N–H and O–H groups in total. The van der Waals surface area contributed by atoms with Gasteiger partial charge in [0, 0.05) is 22.7 Å². The largest absolute Gasteiger partial charge is 0.356 e. The lowest BCUT2D eigenvalue weighted by atomic mass is 10.2. The number of benzene rings is 3. The van der Waals surface area contributed by atoms with Crippen molar-refractivity contribution in [2.75, 3.05) is 27.5 Å². The van der Waals surface area contributed by atoms with E-state index in [4.69, 9.17) is 0 Å². The van der Waals surface area contributed by atoms with E-state index < -0.39 is 0 Å². The predicted octanol–water partition coefficient (Wildman–Crippen LogP) is 4.74. The highest BCUT2D eigenvalue weighted by Crippen LogP contribution is 2.18. The van der Waals surface area contributed by atoms with E-state index in [2.05, 4.69) is 16.0 Å². The third-order valence-corrected chi connectivity index (χ3v) is 4.69. The van der Waals surface area contributed by atoms with Gasteiger partial charge in [-0.3, -0.25) is 9.59 Å². The van der Waals surface area contributed by atoms with Crippen LogP contribution in [0.4, 0.5) is 22.7 Å². The first-order valence-electron chi connectivity index (χ1n) is 8.84. The summed E-state index contributed by atoms with van der Waals surface area (Å²) in [6, 6.07) is 26.6. The van der Waals surface area contributed by atoms with Crippen LogP contribution in [0.5, 0.6) is 0 Å². The van der Waals surface area contributed by atoms with Gasteiger partial charge in [-0.2, -0.15) is 0 Å². The van der Waals surface area contributed by atoms with Crippen LogP contribution in [0.25, 0.3) is 0 Å². The quantitative estimate of drug-likeness (QED) is 0.519. The molecule has 2 amide bonds. The Morgan fingerprint density at radius 3 is 1.50 bits per heavy atom. The fraction of sp³-hybridized carbons (Fsp3) is 0.0909. The van der Waals surface area contributed by atoms with Crippen LogP contribution in [-0.4, -0.2) is 23.3 Å². The van der Waals surface area contributed by atoms with Crippen molar-refractivity contribution in [1.29, 1.82) is 0 Å². The maximum absolute atomic E-state index is 12.0. The first kappa shape index (κ1) is 19.5. The Morgan fingerprint density at radius 2 is 0.964 bits per heavy atom. The molecule has 142 valence electrons. The third kappa shape index (κ3) is 6.48. The number of nitrogens with one attached hydrogen (secondary N) is 3. The summed E-state index contributed by atoms with van der Waals surface area (Å²) in [7, 11) is 0. The zero-order valence-electron chi connectivity index (χ0n) is 15.2. The van der Waals surface area contributed by atoms with Crippen molar-refractivity contribution < 1.29 is 9.59 Å². The summed E-state index contributed by atoms with van der Waals surface area (Å²) in [4.78, 5) is 23.9. The molecule has 3 aromatic carbocycles. The Bertz CT molecular complexity index is 900. The Balaban J connectivity index is 1.39. The smallest absolute Gasteiger partial charge is 0.234 e. The number of carbonyl (C=O) groups excluding carboxylic acids is 2. The number of hydrogen-bond donors (Lipinski definition) is 3. The van der Waals surface area contributed by atoms with Crippen LogP contribution in [-0.2, 0) is 9.59 Å². The van der Waals surface area contributed by atoms with E-state index in [1.165, 1.54) is 11.8 Å². The van der Waals surface area contributed by atoms with Gasteiger partial charge in [-0.1, -0.05) is 36.4 Å². The molecule has 0 spiro atoms. The summed E-state index contributed by atoms with van der Waals surface area (Å²) in [5.74, 6) is 0.177. The molecule has 3 rings (SSSR count). The lowest BCUT2D eigenvalue weighted by Crippen LogP contribution is -2.18. The molecule has 0 saturated carbocycles. The highest BCUT2D eigenvalue weighted by Gasteiger charge is 2.07. The lowest BCUT2D eigenvalue weighted by molar-refractivity contribution is -0.114. The van der Waals surface area contributed by atoms with Crippen LogP contribution in [0.1, 0.15) is 0 Å². The number of anilines is 4. The Labute approximate surface area is 168 Å². The van der Waals surface area contributed by atoms with Crippen LogP contribution in [0.2, 0.25) is 0 Å². The highest BCUT2D eigenvalue weighted by molar-refractivity contribution is 8.00. The SMILES string of the molecule is O=C(CSCC(=O)Nc1ccc(Nc2ccccc2)cc1)Nc1ccccc1.